The molecule has 4 heterocycles. The number of benzene rings is 10. The minimum Gasteiger partial charge on any atom is -0.311 e. The summed E-state index contributed by atoms with van der Waals surface area (Å²) in [6.45, 7) is 6.88. The van der Waals surface area contributed by atoms with Crippen molar-refractivity contribution in [1.29, 1.82) is 0 Å². The molecule has 0 bridgehead atoms. The van der Waals surface area contributed by atoms with Crippen molar-refractivity contribution in [3.8, 4) is 11.1 Å². The van der Waals surface area contributed by atoms with Crippen molar-refractivity contribution in [3.63, 3.8) is 0 Å². The van der Waals surface area contributed by atoms with E-state index in [2.05, 4.69) is 249 Å². The number of nitrogens with zero attached hydrogens (tertiary/aromatic N) is 2. The van der Waals surface area contributed by atoms with Crippen LogP contribution >= 0.6 is 22.7 Å². The second kappa shape index (κ2) is 14.7. The lowest BCUT2D eigenvalue weighted by molar-refractivity contribution is 0.590. The highest BCUT2D eigenvalue weighted by Crippen LogP contribution is 2.59. The summed E-state index contributed by atoms with van der Waals surface area (Å²) in [6.07, 6.45) is 0. The van der Waals surface area contributed by atoms with Crippen LogP contribution in [0.3, 0.4) is 0 Å². The molecule has 10 aromatic carbocycles. The monoisotopic (exact) mass is 928 g/mol. The quantitative estimate of drug-likeness (QED) is 0.162. The number of anilines is 6. The maximum Gasteiger partial charge on any atom is 0.247 e. The number of thiophene rings is 2. The smallest absolute Gasteiger partial charge is 0.247 e. The lowest BCUT2D eigenvalue weighted by atomic mass is 9.29. The molecule has 70 heavy (non-hydrogen) atoms. The van der Waals surface area contributed by atoms with Gasteiger partial charge in [-0.2, -0.15) is 0 Å². The predicted octanol–water partition coefficient (Wildman–Crippen LogP) is 16.2. The molecule has 0 atom stereocenters. The average molecular weight is 929 g/mol. The van der Waals surface area contributed by atoms with Gasteiger partial charge in [0.15, 0.2) is 0 Å². The van der Waals surface area contributed by atoms with Gasteiger partial charge in [0.1, 0.15) is 0 Å². The Kier molecular flexibility index (Phi) is 8.42. The second-order valence-electron chi connectivity index (χ2n) is 20.4. The van der Waals surface area contributed by atoms with Crippen LogP contribution in [0, 0.1) is 0 Å². The van der Waals surface area contributed by atoms with Gasteiger partial charge < -0.3 is 9.80 Å². The first-order valence-electron chi connectivity index (χ1n) is 24.4. The first kappa shape index (κ1) is 40.2. The van der Waals surface area contributed by atoms with E-state index >= 15 is 0 Å². The van der Waals surface area contributed by atoms with Crippen molar-refractivity contribution in [2.45, 2.75) is 31.6 Å². The SMILES string of the molecule is CC(C)(C)c1ccc(N2c3cc4c(cc3B3c5cc6sc7ccccc7c6cc5C5(c6ccccc6-c6ccccc65)c5cc(N(c6ccccc6)c6ccccc6)cc2c53)sc2ccccc24)cc1. The first-order valence-corrected chi connectivity index (χ1v) is 26.1. The number of para-hydroxylation sites is 2. The molecule has 0 fully saturated rings. The Morgan fingerprint density at radius 1 is 0.414 bits per heavy atom. The first-order chi connectivity index (χ1) is 34.3. The van der Waals surface area contributed by atoms with Gasteiger partial charge in [-0.3, -0.25) is 0 Å². The van der Waals surface area contributed by atoms with Gasteiger partial charge in [-0.15, -0.1) is 22.7 Å². The highest BCUT2D eigenvalue weighted by atomic mass is 32.1. The fraction of sp³-hybridized carbons (Fsp3) is 0.0769. The van der Waals surface area contributed by atoms with Crippen molar-refractivity contribution >= 4 is 120 Å². The minimum atomic E-state index is -0.642. The molecule has 3 aliphatic rings. The van der Waals surface area contributed by atoms with Gasteiger partial charge in [-0.05, 0) is 140 Å². The van der Waals surface area contributed by atoms with E-state index in [0.717, 1.165) is 22.7 Å². The molecule has 0 amide bonds. The molecule has 1 spiro atoms. The van der Waals surface area contributed by atoms with Crippen LogP contribution in [0.1, 0.15) is 48.6 Å². The van der Waals surface area contributed by atoms with Crippen LogP contribution < -0.4 is 26.2 Å². The normalized spacial score (nSPS) is 14.0. The van der Waals surface area contributed by atoms with Crippen LogP contribution in [0.15, 0.2) is 218 Å². The van der Waals surface area contributed by atoms with Crippen LogP contribution in [0.2, 0.25) is 0 Å². The Morgan fingerprint density at radius 2 is 0.943 bits per heavy atom. The third kappa shape index (κ3) is 5.50. The van der Waals surface area contributed by atoms with Gasteiger partial charge in [0.05, 0.1) is 5.41 Å². The zero-order valence-electron chi connectivity index (χ0n) is 39.1. The lowest BCUT2D eigenvalue weighted by Gasteiger charge is -2.48. The molecule has 2 aliphatic heterocycles. The van der Waals surface area contributed by atoms with Crippen molar-refractivity contribution in [2.75, 3.05) is 9.80 Å². The molecule has 2 nitrogen and oxygen atoms in total. The number of hydrogen-bond acceptors (Lipinski definition) is 4. The highest BCUT2D eigenvalue weighted by Gasteiger charge is 2.55. The van der Waals surface area contributed by atoms with Crippen molar-refractivity contribution < 1.29 is 0 Å². The minimum absolute atomic E-state index is 0.00736. The van der Waals surface area contributed by atoms with E-state index in [1.807, 2.05) is 22.7 Å². The van der Waals surface area contributed by atoms with Gasteiger partial charge >= 0.3 is 0 Å². The largest absolute Gasteiger partial charge is 0.311 e. The van der Waals surface area contributed by atoms with E-state index in [1.165, 1.54) is 107 Å². The van der Waals surface area contributed by atoms with Gasteiger partial charge in [0.25, 0.3) is 0 Å². The summed E-state index contributed by atoms with van der Waals surface area (Å²) in [5.74, 6) is 0. The highest BCUT2D eigenvalue weighted by molar-refractivity contribution is 7.26. The van der Waals surface area contributed by atoms with Crippen LogP contribution in [0.5, 0.6) is 0 Å². The topological polar surface area (TPSA) is 6.48 Å². The number of hydrogen-bond donors (Lipinski definition) is 0. The molecule has 2 aromatic heterocycles. The molecule has 5 heteroatoms. The Balaban J connectivity index is 1.16. The number of rotatable bonds is 4. The fourth-order valence-corrected chi connectivity index (χ4v) is 14.9. The van der Waals surface area contributed by atoms with E-state index < -0.39 is 5.41 Å². The van der Waals surface area contributed by atoms with Crippen molar-refractivity contribution in [3.05, 3.63) is 246 Å². The molecule has 12 aromatic rings. The zero-order valence-corrected chi connectivity index (χ0v) is 40.7. The molecular formula is C65H45BN2S2. The maximum absolute atomic E-state index is 2.63. The second-order valence-corrected chi connectivity index (χ2v) is 22.5. The summed E-state index contributed by atoms with van der Waals surface area (Å²) in [5, 5.41) is 5.26. The molecular weight excluding hydrogens is 884 g/mol. The van der Waals surface area contributed by atoms with Crippen LogP contribution in [0.4, 0.5) is 34.1 Å². The third-order valence-corrected chi connectivity index (χ3v) is 17.9. The third-order valence-electron chi connectivity index (χ3n) is 15.6. The van der Waals surface area contributed by atoms with Gasteiger partial charge in [-0.1, -0.05) is 160 Å². The van der Waals surface area contributed by atoms with Gasteiger partial charge in [-0.25, -0.2) is 0 Å². The van der Waals surface area contributed by atoms with Gasteiger partial charge in [0, 0.05) is 74.5 Å². The van der Waals surface area contributed by atoms with Crippen molar-refractivity contribution in [2.24, 2.45) is 0 Å². The van der Waals surface area contributed by atoms with Crippen LogP contribution in [0.25, 0.3) is 51.5 Å². The molecule has 0 radical (unpaired) electrons. The van der Waals surface area contributed by atoms with E-state index in [9.17, 15) is 0 Å². The summed E-state index contributed by atoms with van der Waals surface area (Å²) >= 11 is 3.84. The van der Waals surface area contributed by atoms with Crippen molar-refractivity contribution in [1.82, 2.24) is 0 Å². The molecule has 0 N–H and O–H groups in total. The predicted molar refractivity (Wildman–Crippen MR) is 302 cm³/mol. The van der Waals surface area contributed by atoms with E-state index in [4.69, 9.17) is 0 Å². The Bertz CT molecular complexity index is 4040. The number of fused-ring (bicyclic) bond motifs is 17. The molecule has 0 unspecified atom stereocenters. The molecule has 1 aliphatic carbocycles. The molecule has 15 rings (SSSR count). The Hall–Kier alpha value is -7.70. The van der Waals surface area contributed by atoms with E-state index in [-0.39, 0.29) is 12.1 Å². The van der Waals surface area contributed by atoms with Crippen LogP contribution in [-0.2, 0) is 10.8 Å². The van der Waals surface area contributed by atoms with E-state index in [0.29, 0.717) is 0 Å². The lowest BCUT2D eigenvalue weighted by Crippen LogP contribution is -2.65. The standard InChI is InChI=1S/C65H45BN2S2/c1-64(2,3)40-30-32-43(33-31-40)68-57-37-50-48-25-13-17-29-60(48)70-62(50)39-56(57)66-55-38-61-49(47-24-12-16-28-59(47)69-61)36-53(55)65(51-26-14-10-22-45(51)46-23-11-15-27-52(46)65)54-34-44(35-58(68)63(54)66)67(41-18-6-4-7-19-41)42-20-8-5-9-21-42/h4-39H,1-3H3. The maximum atomic E-state index is 2.63. The molecule has 0 saturated carbocycles. The zero-order chi connectivity index (χ0) is 46.5. The molecule has 330 valence electrons. The Labute approximate surface area is 416 Å². The summed E-state index contributed by atoms with van der Waals surface area (Å²) < 4.78 is 5.30. The summed E-state index contributed by atoms with van der Waals surface area (Å²) in [7, 11) is 0. The summed E-state index contributed by atoms with van der Waals surface area (Å²) in [6, 6.07) is 83.4. The molecule has 0 saturated heterocycles. The van der Waals surface area contributed by atoms with Crippen LogP contribution in [-0.4, -0.2) is 6.71 Å². The Morgan fingerprint density at radius 3 is 1.54 bits per heavy atom. The average Bonchev–Trinajstić information content (AvgIpc) is 4.05. The van der Waals surface area contributed by atoms with E-state index in [1.54, 1.807) is 0 Å². The summed E-state index contributed by atoms with van der Waals surface area (Å²) in [5.41, 5.74) is 19.7. The fourth-order valence-electron chi connectivity index (χ4n) is 12.7. The van der Waals surface area contributed by atoms with Gasteiger partial charge in [0.2, 0.25) is 6.71 Å². The summed E-state index contributed by atoms with van der Waals surface area (Å²) in [4.78, 5) is 5.10.